The molecule has 2 heterocycles. The molecule has 1 aromatic rings. The zero-order valence-corrected chi connectivity index (χ0v) is 14.8. The SMILES string of the molecule is CO[C@H]1O[C@@H]2CO[C@H](c3ccccc3)O[C@@H]2[C@@H](OC(C)=O)[C@H]1OC(C)=O. The van der Waals surface area contributed by atoms with Gasteiger partial charge in [-0.3, -0.25) is 9.59 Å². The summed E-state index contributed by atoms with van der Waals surface area (Å²) < 4.78 is 33.6. The number of esters is 2. The minimum atomic E-state index is -0.947. The van der Waals surface area contributed by atoms with Gasteiger partial charge in [-0.15, -0.1) is 0 Å². The molecule has 0 radical (unpaired) electrons. The van der Waals surface area contributed by atoms with Gasteiger partial charge in [0.15, 0.2) is 24.8 Å². The van der Waals surface area contributed by atoms with Crippen LogP contribution in [0, 0.1) is 0 Å². The highest BCUT2D eigenvalue weighted by Crippen LogP contribution is 2.36. The van der Waals surface area contributed by atoms with Crippen molar-refractivity contribution in [3.8, 4) is 0 Å². The lowest BCUT2D eigenvalue weighted by Gasteiger charge is -2.47. The minimum absolute atomic E-state index is 0.217. The predicted octanol–water partition coefficient (Wildman–Crippen LogP) is 1.34. The van der Waals surface area contributed by atoms with Gasteiger partial charge in [0, 0.05) is 26.5 Å². The van der Waals surface area contributed by atoms with E-state index in [4.69, 9.17) is 28.4 Å². The van der Waals surface area contributed by atoms with Crippen molar-refractivity contribution in [1.82, 2.24) is 0 Å². The predicted molar refractivity (Wildman–Crippen MR) is 86.8 cm³/mol. The van der Waals surface area contributed by atoms with Crippen LogP contribution in [-0.4, -0.2) is 56.4 Å². The summed E-state index contributed by atoms with van der Waals surface area (Å²) in [6.45, 7) is 2.76. The molecule has 2 fully saturated rings. The van der Waals surface area contributed by atoms with E-state index < -0.39 is 48.9 Å². The van der Waals surface area contributed by atoms with Gasteiger partial charge >= 0.3 is 11.9 Å². The number of ether oxygens (including phenoxy) is 6. The number of hydrogen-bond donors (Lipinski definition) is 0. The average Bonchev–Trinajstić information content (AvgIpc) is 2.63. The molecule has 0 unspecified atom stereocenters. The molecule has 0 aromatic heterocycles. The van der Waals surface area contributed by atoms with Crippen LogP contribution in [0.2, 0.25) is 0 Å². The van der Waals surface area contributed by atoms with E-state index in [-0.39, 0.29) is 6.61 Å². The number of carbonyl (C=O) groups is 2. The number of benzene rings is 1. The standard InChI is InChI=1S/C18H22O8/c1-10(19)23-15-14-13(25-18(21-3)16(15)24-11(2)20)9-22-17(26-14)12-7-5-4-6-8-12/h4-8,13-18H,9H2,1-3H3/t13-,14+,15-,16-,17+,18+/m1/s1. The van der Waals surface area contributed by atoms with Crippen LogP contribution in [0.1, 0.15) is 25.7 Å². The van der Waals surface area contributed by atoms with Crippen LogP contribution in [0.15, 0.2) is 30.3 Å². The van der Waals surface area contributed by atoms with E-state index in [0.717, 1.165) is 5.56 Å². The van der Waals surface area contributed by atoms with E-state index in [2.05, 4.69) is 0 Å². The molecule has 3 rings (SSSR count). The van der Waals surface area contributed by atoms with Crippen LogP contribution >= 0.6 is 0 Å². The highest BCUT2D eigenvalue weighted by molar-refractivity contribution is 5.67. The fourth-order valence-electron chi connectivity index (χ4n) is 3.16. The van der Waals surface area contributed by atoms with E-state index in [1.807, 2.05) is 30.3 Å². The topological polar surface area (TPSA) is 89.5 Å². The zero-order valence-electron chi connectivity index (χ0n) is 14.8. The molecule has 2 aliphatic heterocycles. The normalized spacial score (nSPS) is 33.8. The molecule has 2 aliphatic rings. The van der Waals surface area contributed by atoms with Crippen molar-refractivity contribution in [2.24, 2.45) is 0 Å². The van der Waals surface area contributed by atoms with Crippen molar-refractivity contribution >= 4 is 11.9 Å². The Morgan fingerprint density at radius 3 is 2.27 bits per heavy atom. The molecule has 1 aromatic carbocycles. The van der Waals surface area contributed by atoms with E-state index in [1.54, 1.807) is 0 Å². The Morgan fingerprint density at radius 1 is 1.00 bits per heavy atom. The lowest BCUT2D eigenvalue weighted by molar-refractivity contribution is -0.359. The van der Waals surface area contributed by atoms with Crippen molar-refractivity contribution in [1.29, 1.82) is 0 Å². The highest BCUT2D eigenvalue weighted by atomic mass is 16.8. The summed E-state index contributed by atoms with van der Waals surface area (Å²) in [5, 5.41) is 0. The minimum Gasteiger partial charge on any atom is -0.455 e. The van der Waals surface area contributed by atoms with Gasteiger partial charge in [-0.05, 0) is 0 Å². The van der Waals surface area contributed by atoms with Crippen LogP contribution in [0.4, 0.5) is 0 Å². The van der Waals surface area contributed by atoms with Crippen molar-refractivity contribution in [2.45, 2.75) is 50.8 Å². The van der Waals surface area contributed by atoms with Gasteiger partial charge in [0.2, 0.25) is 0 Å². The fraction of sp³-hybridized carbons (Fsp3) is 0.556. The Morgan fingerprint density at radius 2 is 1.65 bits per heavy atom. The molecule has 0 aliphatic carbocycles. The van der Waals surface area contributed by atoms with Gasteiger partial charge in [0.1, 0.15) is 12.2 Å². The number of carbonyl (C=O) groups excluding carboxylic acids is 2. The van der Waals surface area contributed by atoms with E-state index >= 15 is 0 Å². The number of methoxy groups -OCH3 is 1. The molecule has 0 saturated carbocycles. The van der Waals surface area contributed by atoms with Crippen molar-refractivity contribution in [2.75, 3.05) is 13.7 Å². The first kappa shape index (κ1) is 18.8. The Kier molecular flexibility index (Phi) is 5.87. The first-order valence-electron chi connectivity index (χ1n) is 8.34. The largest absolute Gasteiger partial charge is 0.455 e. The molecule has 0 N–H and O–H groups in total. The summed E-state index contributed by atoms with van der Waals surface area (Å²) in [4.78, 5) is 23.1. The Bertz CT molecular complexity index is 633. The molecule has 26 heavy (non-hydrogen) atoms. The van der Waals surface area contributed by atoms with Crippen LogP contribution in [0.5, 0.6) is 0 Å². The first-order valence-corrected chi connectivity index (χ1v) is 8.34. The van der Waals surface area contributed by atoms with Crippen molar-refractivity contribution in [3.63, 3.8) is 0 Å². The molecule has 0 spiro atoms. The molecular formula is C18H22O8. The third-order valence-corrected chi connectivity index (χ3v) is 4.19. The molecule has 142 valence electrons. The Balaban J connectivity index is 1.86. The maximum absolute atomic E-state index is 11.6. The molecule has 6 atom stereocenters. The molecule has 0 amide bonds. The van der Waals surface area contributed by atoms with Gasteiger partial charge in [-0.2, -0.15) is 0 Å². The van der Waals surface area contributed by atoms with Crippen LogP contribution in [-0.2, 0) is 38.0 Å². The van der Waals surface area contributed by atoms with Gasteiger partial charge in [0.05, 0.1) is 6.61 Å². The second-order valence-corrected chi connectivity index (χ2v) is 6.10. The molecule has 8 nitrogen and oxygen atoms in total. The van der Waals surface area contributed by atoms with E-state index in [0.29, 0.717) is 0 Å². The second-order valence-electron chi connectivity index (χ2n) is 6.10. The van der Waals surface area contributed by atoms with Crippen LogP contribution < -0.4 is 0 Å². The van der Waals surface area contributed by atoms with Gasteiger partial charge in [0.25, 0.3) is 0 Å². The summed E-state index contributed by atoms with van der Waals surface area (Å²) in [7, 11) is 1.42. The first-order chi connectivity index (χ1) is 12.5. The quantitative estimate of drug-likeness (QED) is 0.738. The van der Waals surface area contributed by atoms with E-state index in [1.165, 1.54) is 21.0 Å². The molecular weight excluding hydrogens is 344 g/mol. The maximum Gasteiger partial charge on any atom is 0.303 e. The van der Waals surface area contributed by atoms with Crippen LogP contribution in [0.3, 0.4) is 0 Å². The Labute approximate surface area is 151 Å². The summed E-state index contributed by atoms with van der Waals surface area (Å²) in [6, 6.07) is 9.38. The molecule has 2 saturated heterocycles. The van der Waals surface area contributed by atoms with Gasteiger partial charge in [-0.25, -0.2) is 0 Å². The average molecular weight is 366 g/mol. The highest BCUT2D eigenvalue weighted by Gasteiger charge is 2.53. The number of hydrogen-bond acceptors (Lipinski definition) is 8. The summed E-state index contributed by atoms with van der Waals surface area (Å²) in [6.07, 6.45) is -4.57. The van der Waals surface area contributed by atoms with E-state index in [9.17, 15) is 9.59 Å². The third-order valence-electron chi connectivity index (χ3n) is 4.19. The third kappa shape index (κ3) is 4.04. The van der Waals surface area contributed by atoms with Gasteiger partial charge in [-0.1, -0.05) is 30.3 Å². The lowest BCUT2D eigenvalue weighted by atomic mass is 9.97. The number of rotatable bonds is 4. The monoisotopic (exact) mass is 366 g/mol. The van der Waals surface area contributed by atoms with Crippen molar-refractivity contribution in [3.05, 3.63) is 35.9 Å². The molecule has 0 bridgehead atoms. The Hall–Kier alpha value is -2.00. The zero-order chi connectivity index (χ0) is 18.7. The summed E-state index contributed by atoms with van der Waals surface area (Å²) in [5.74, 6) is -1.06. The lowest BCUT2D eigenvalue weighted by Crippen LogP contribution is -2.64. The summed E-state index contributed by atoms with van der Waals surface area (Å²) >= 11 is 0. The van der Waals surface area contributed by atoms with Crippen molar-refractivity contribution < 1.29 is 38.0 Å². The number of fused-ring (bicyclic) bond motifs is 1. The summed E-state index contributed by atoms with van der Waals surface area (Å²) in [5.41, 5.74) is 0.824. The molecule has 8 heteroatoms. The smallest absolute Gasteiger partial charge is 0.303 e. The van der Waals surface area contributed by atoms with Crippen LogP contribution in [0.25, 0.3) is 0 Å². The van der Waals surface area contributed by atoms with Gasteiger partial charge < -0.3 is 28.4 Å². The maximum atomic E-state index is 11.6. The second kappa shape index (κ2) is 8.13. The fourth-order valence-corrected chi connectivity index (χ4v) is 3.16.